The summed E-state index contributed by atoms with van der Waals surface area (Å²) in [5.74, 6) is -0.180. The number of nitrogens with zero attached hydrogens (tertiary/aromatic N) is 2. The molecule has 0 radical (unpaired) electrons. The lowest BCUT2D eigenvalue weighted by atomic mass is 9.88. The zero-order valence-corrected chi connectivity index (χ0v) is 16.9. The molecule has 1 amide bonds. The minimum absolute atomic E-state index is 0.0908. The number of hydrogen-bond acceptors (Lipinski definition) is 4. The molecule has 0 aromatic heterocycles. The quantitative estimate of drug-likeness (QED) is 0.723. The first-order chi connectivity index (χ1) is 13.3. The van der Waals surface area contributed by atoms with Crippen LogP contribution in [-0.4, -0.2) is 56.5 Å². The van der Waals surface area contributed by atoms with Crippen LogP contribution in [0.2, 0.25) is 0 Å². The number of benzene rings is 2. The number of carbonyl (C=O) groups excluding carboxylic acids is 2. The summed E-state index contributed by atoms with van der Waals surface area (Å²) in [6.07, 6.45) is 1.21. The second kappa shape index (κ2) is 8.24. The summed E-state index contributed by atoms with van der Waals surface area (Å²) < 4.78 is 25.7. The summed E-state index contributed by atoms with van der Waals surface area (Å²) in [5, 5.41) is 0. The number of rotatable bonds is 5. The van der Waals surface area contributed by atoms with Crippen LogP contribution in [0.4, 0.5) is 0 Å². The molecular weight excluding hydrogens is 376 g/mol. The normalized spacial score (nSPS) is 15.6. The SMILES string of the molecule is CN(C)S(=O)(=O)c1cccc(C(=O)N2CCC(C(=O)c3ccccc3)CC2)c1. The molecule has 1 aliphatic heterocycles. The summed E-state index contributed by atoms with van der Waals surface area (Å²) >= 11 is 0. The van der Waals surface area contributed by atoms with Gasteiger partial charge >= 0.3 is 0 Å². The predicted octanol–water partition coefficient (Wildman–Crippen LogP) is 2.67. The fourth-order valence-corrected chi connectivity index (χ4v) is 4.31. The van der Waals surface area contributed by atoms with Crippen LogP contribution in [0.25, 0.3) is 0 Å². The Morgan fingerprint density at radius 1 is 0.929 bits per heavy atom. The Balaban J connectivity index is 1.68. The van der Waals surface area contributed by atoms with Crippen LogP contribution in [0.3, 0.4) is 0 Å². The van der Waals surface area contributed by atoms with Gasteiger partial charge in [0, 0.05) is 44.2 Å². The zero-order chi connectivity index (χ0) is 20.3. The van der Waals surface area contributed by atoms with Gasteiger partial charge in [0.1, 0.15) is 0 Å². The lowest BCUT2D eigenvalue weighted by molar-refractivity contribution is 0.0650. The molecule has 0 unspecified atom stereocenters. The van der Waals surface area contributed by atoms with Crippen LogP contribution in [0.15, 0.2) is 59.5 Å². The van der Waals surface area contributed by atoms with Crippen molar-refractivity contribution in [2.24, 2.45) is 5.92 Å². The number of Topliss-reactive ketones (excluding diaryl/α,β-unsaturated/α-hetero) is 1. The smallest absolute Gasteiger partial charge is 0.253 e. The first kappa shape index (κ1) is 20.2. The average Bonchev–Trinajstić information content (AvgIpc) is 2.73. The van der Waals surface area contributed by atoms with Crippen molar-refractivity contribution >= 4 is 21.7 Å². The Kier molecular flexibility index (Phi) is 5.96. The van der Waals surface area contributed by atoms with E-state index in [1.165, 1.54) is 26.2 Å². The van der Waals surface area contributed by atoms with Crippen molar-refractivity contribution in [1.82, 2.24) is 9.21 Å². The van der Waals surface area contributed by atoms with Crippen molar-refractivity contribution in [3.8, 4) is 0 Å². The van der Waals surface area contributed by atoms with Gasteiger partial charge in [-0.15, -0.1) is 0 Å². The monoisotopic (exact) mass is 400 g/mol. The molecule has 1 aliphatic rings. The molecule has 7 heteroatoms. The molecule has 2 aromatic rings. The van der Waals surface area contributed by atoms with Crippen molar-refractivity contribution < 1.29 is 18.0 Å². The van der Waals surface area contributed by atoms with E-state index in [4.69, 9.17) is 0 Å². The molecule has 2 aromatic carbocycles. The topological polar surface area (TPSA) is 74.8 Å². The van der Waals surface area contributed by atoms with Crippen LogP contribution in [-0.2, 0) is 10.0 Å². The molecule has 1 fully saturated rings. The second-order valence-corrected chi connectivity index (χ2v) is 9.26. The van der Waals surface area contributed by atoms with Crippen LogP contribution in [0.1, 0.15) is 33.6 Å². The number of amides is 1. The third-order valence-corrected chi connectivity index (χ3v) is 6.88. The van der Waals surface area contributed by atoms with Crippen molar-refractivity contribution in [2.45, 2.75) is 17.7 Å². The van der Waals surface area contributed by atoms with Gasteiger partial charge in [-0.2, -0.15) is 0 Å². The van der Waals surface area contributed by atoms with E-state index in [2.05, 4.69) is 0 Å². The van der Waals surface area contributed by atoms with Crippen molar-refractivity contribution in [3.63, 3.8) is 0 Å². The first-order valence-corrected chi connectivity index (χ1v) is 10.7. The molecular formula is C21H24N2O4S. The van der Waals surface area contributed by atoms with Crippen LogP contribution >= 0.6 is 0 Å². The number of piperidine rings is 1. The minimum Gasteiger partial charge on any atom is -0.339 e. The van der Waals surface area contributed by atoms with E-state index in [0.717, 1.165) is 4.31 Å². The molecule has 28 heavy (non-hydrogen) atoms. The summed E-state index contributed by atoms with van der Waals surface area (Å²) in [5.41, 5.74) is 1.05. The van der Waals surface area contributed by atoms with Gasteiger partial charge in [-0.25, -0.2) is 12.7 Å². The van der Waals surface area contributed by atoms with E-state index >= 15 is 0 Å². The van der Waals surface area contributed by atoms with E-state index in [0.29, 0.717) is 37.1 Å². The van der Waals surface area contributed by atoms with Crippen molar-refractivity contribution in [2.75, 3.05) is 27.2 Å². The van der Waals surface area contributed by atoms with E-state index in [9.17, 15) is 18.0 Å². The number of carbonyl (C=O) groups is 2. The van der Waals surface area contributed by atoms with Gasteiger partial charge in [-0.3, -0.25) is 9.59 Å². The molecule has 0 spiro atoms. The lowest BCUT2D eigenvalue weighted by Crippen LogP contribution is -2.40. The van der Waals surface area contributed by atoms with E-state index in [1.54, 1.807) is 17.0 Å². The molecule has 148 valence electrons. The Morgan fingerprint density at radius 3 is 2.14 bits per heavy atom. The summed E-state index contributed by atoms with van der Waals surface area (Å²) in [7, 11) is -0.683. The molecule has 0 atom stereocenters. The number of hydrogen-bond donors (Lipinski definition) is 0. The maximum absolute atomic E-state index is 12.8. The van der Waals surface area contributed by atoms with Crippen LogP contribution in [0.5, 0.6) is 0 Å². The average molecular weight is 401 g/mol. The Morgan fingerprint density at radius 2 is 1.54 bits per heavy atom. The van der Waals surface area contributed by atoms with E-state index in [-0.39, 0.29) is 22.5 Å². The molecule has 6 nitrogen and oxygen atoms in total. The molecule has 1 saturated heterocycles. The largest absolute Gasteiger partial charge is 0.339 e. The highest BCUT2D eigenvalue weighted by Crippen LogP contribution is 2.24. The predicted molar refractivity (Wildman–Crippen MR) is 107 cm³/mol. The van der Waals surface area contributed by atoms with Crippen LogP contribution < -0.4 is 0 Å². The number of ketones is 1. The molecule has 0 aliphatic carbocycles. The van der Waals surface area contributed by atoms with E-state index in [1.807, 2.05) is 30.3 Å². The van der Waals surface area contributed by atoms with Crippen molar-refractivity contribution in [1.29, 1.82) is 0 Å². The molecule has 1 heterocycles. The van der Waals surface area contributed by atoms with Gasteiger partial charge in [0.2, 0.25) is 10.0 Å². The zero-order valence-electron chi connectivity index (χ0n) is 16.0. The highest BCUT2D eigenvalue weighted by molar-refractivity contribution is 7.89. The summed E-state index contributed by atoms with van der Waals surface area (Å²) in [4.78, 5) is 27.2. The lowest BCUT2D eigenvalue weighted by Gasteiger charge is -2.31. The third-order valence-electron chi connectivity index (χ3n) is 5.07. The summed E-state index contributed by atoms with van der Waals surface area (Å²) in [6, 6.07) is 15.3. The highest BCUT2D eigenvalue weighted by Gasteiger charge is 2.29. The number of sulfonamides is 1. The third kappa shape index (κ3) is 4.15. The summed E-state index contributed by atoms with van der Waals surface area (Å²) in [6.45, 7) is 0.958. The first-order valence-electron chi connectivity index (χ1n) is 9.22. The fraction of sp³-hybridized carbons (Fsp3) is 0.333. The maximum atomic E-state index is 12.8. The number of likely N-dealkylation sites (tertiary alicyclic amines) is 1. The Hall–Kier alpha value is -2.51. The Labute approximate surface area is 165 Å². The Bertz CT molecular complexity index is 963. The van der Waals surface area contributed by atoms with Gasteiger partial charge in [0.15, 0.2) is 5.78 Å². The van der Waals surface area contributed by atoms with Crippen molar-refractivity contribution in [3.05, 3.63) is 65.7 Å². The molecule has 0 saturated carbocycles. The van der Waals surface area contributed by atoms with Crippen LogP contribution in [0, 0.1) is 5.92 Å². The molecule has 0 N–H and O–H groups in total. The van der Waals surface area contributed by atoms with E-state index < -0.39 is 10.0 Å². The fourth-order valence-electron chi connectivity index (χ4n) is 3.37. The highest BCUT2D eigenvalue weighted by atomic mass is 32.2. The molecule has 0 bridgehead atoms. The molecule has 3 rings (SSSR count). The minimum atomic E-state index is -3.60. The van der Waals surface area contributed by atoms with Gasteiger partial charge in [0.25, 0.3) is 5.91 Å². The standard InChI is InChI=1S/C21H24N2O4S/c1-22(2)28(26,27)19-10-6-9-18(15-19)21(25)23-13-11-17(12-14-23)20(24)16-7-4-3-5-8-16/h3-10,15,17H,11-14H2,1-2H3. The van der Waals surface area contributed by atoms with Gasteiger partial charge in [-0.05, 0) is 31.0 Å². The van der Waals surface area contributed by atoms with Gasteiger partial charge in [-0.1, -0.05) is 36.4 Å². The second-order valence-electron chi connectivity index (χ2n) is 7.11. The van der Waals surface area contributed by atoms with Gasteiger partial charge in [0.05, 0.1) is 4.90 Å². The van der Waals surface area contributed by atoms with Gasteiger partial charge < -0.3 is 4.90 Å². The maximum Gasteiger partial charge on any atom is 0.253 e.